The highest BCUT2D eigenvalue weighted by atomic mass is 32.2. The van der Waals surface area contributed by atoms with E-state index in [4.69, 9.17) is 4.74 Å². The molecule has 0 unspecified atom stereocenters. The Labute approximate surface area is 192 Å². The SMILES string of the molecule is CC(=O)O[C@@H]1CC[C@@H](O)CN(S(=O)(=O)c2cc(C(=O)Nc3cc(F)c(F)c(F)c3)ccc2F)C1. The van der Waals surface area contributed by atoms with Crippen molar-refractivity contribution in [2.45, 2.75) is 36.9 Å². The lowest BCUT2D eigenvalue weighted by Crippen LogP contribution is -2.40. The Balaban J connectivity index is 1.90. The van der Waals surface area contributed by atoms with E-state index in [0.29, 0.717) is 24.3 Å². The number of aliphatic hydroxyl groups excluding tert-OH is 1. The fraction of sp³-hybridized carbons (Fsp3) is 0.333. The summed E-state index contributed by atoms with van der Waals surface area (Å²) in [5.41, 5.74) is -0.827. The first kappa shape index (κ1) is 25.6. The van der Waals surface area contributed by atoms with Crippen LogP contribution >= 0.6 is 0 Å². The van der Waals surface area contributed by atoms with E-state index in [2.05, 4.69) is 5.32 Å². The zero-order valence-corrected chi connectivity index (χ0v) is 18.5. The lowest BCUT2D eigenvalue weighted by molar-refractivity contribution is -0.146. The van der Waals surface area contributed by atoms with Gasteiger partial charge in [0.1, 0.15) is 16.8 Å². The summed E-state index contributed by atoms with van der Waals surface area (Å²) in [5, 5.41) is 12.1. The maximum Gasteiger partial charge on any atom is 0.302 e. The monoisotopic (exact) mass is 504 g/mol. The Morgan fingerprint density at radius 1 is 1.03 bits per heavy atom. The minimum absolute atomic E-state index is 0.139. The van der Waals surface area contributed by atoms with Crippen LogP contribution in [-0.2, 0) is 19.6 Å². The van der Waals surface area contributed by atoms with E-state index in [1.54, 1.807) is 0 Å². The Bertz CT molecular complexity index is 1200. The number of hydrogen-bond acceptors (Lipinski definition) is 6. The highest BCUT2D eigenvalue weighted by molar-refractivity contribution is 7.89. The number of esters is 1. The molecule has 2 aromatic rings. The summed E-state index contributed by atoms with van der Waals surface area (Å²) in [7, 11) is -4.61. The Kier molecular flexibility index (Phi) is 7.58. The number of aliphatic hydroxyl groups is 1. The predicted octanol–water partition coefficient (Wildman–Crippen LogP) is 2.57. The van der Waals surface area contributed by atoms with E-state index in [9.17, 15) is 40.7 Å². The van der Waals surface area contributed by atoms with Crippen LogP contribution in [0.3, 0.4) is 0 Å². The number of sulfonamides is 1. The number of halogens is 4. The van der Waals surface area contributed by atoms with Gasteiger partial charge in [-0.15, -0.1) is 0 Å². The summed E-state index contributed by atoms with van der Waals surface area (Å²) in [6.07, 6.45) is -1.65. The number of carbonyl (C=O) groups excluding carboxylic acids is 2. The van der Waals surface area contributed by atoms with E-state index in [-0.39, 0.29) is 24.9 Å². The first-order valence-corrected chi connectivity index (χ1v) is 11.4. The third kappa shape index (κ3) is 5.72. The van der Waals surface area contributed by atoms with Crippen LogP contribution < -0.4 is 5.32 Å². The van der Waals surface area contributed by atoms with Crippen LogP contribution in [0, 0.1) is 23.3 Å². The Morgan fingerprint density at radius 3 is 2.29 bits per heavy atom. The van der Waals surface area contributed by atoms with Crippen LogP contribution in [0.5, 0.6) is 0 Å². The second-order valence-electron chi connectivity index (χ2n) is 7.64. The highest BCUT2D eigenvalue weighted by Crippen LogP contribution is 2.26. The number of benzene rings is 2. The van der Waals surface area contributed by atoms with Gasteiger partial charge in [0, 0.05) is 36.9 Å². The van der Waals surface area contributed by atoms with Crippen LogP contribution in [0.15, 0.2) is 35.2 Å². The fourth-order valence-corrected chi connectivity index (χ4v) is 5.04. The van der Waals surface area contributed by atoms with Crippen molar-refractivity contribution in [3.8, 4) is 0 Å². The van der Waals surface area contributed by atoms with Gasteiger partial charge in [-0.2, -0.15) is 4.31 Å². The minimum atomic E-state index is -4.61. The first-order chi connectivity index (χ1) is 15.9. The van der Waals surface area contributed by atoms with Crippen LogP contribution in [0.25, 0.3) is 0 Å². The molecule has 184 valence electrons. The Morgan fingerprint density at radius 2 is 1.68 bits per heavy atom. The molecule has 2 N–H and O–H groups in total. The van der Waals surface area contributed by atoms with Gasteiger partial charge in [-0.3, -0.25) is 9.59 Å². The van der Waals surface area contributed by atoms with Crippen molar-refractivity contribution in [1.82, 2.24) is 4.31 Å². The van der Waals surface area contributed by atoms with E-state index in [1.807, 2.05) is 0 Å². The van der Waals surface area contributed by atoms with Crippen LogP contribution in [-0.4, -0.2) is 55.0 Å². The van der Waals surface area contributed by atoms with Crippen molar-refractivity contribution in [2.75, 3.05) is 18.4 Å². The van der Waals surface area contributed by atoms with Crippen LogP contribution in [0.2, 0.25) is 0 Å². The van der Waals surface area contributed by atoms with Crippen LogP contribution in [0.1, 0.15) is 30.1 Å². The van der Waals surface area contributed by atoms with Gasteiger partial charge in [0.15, 0.2) is 17.5 Å². The van der Waals surface area contributed by atoms with Gasteiger partial charge < -0.3 is 15.2 Å². The molecule has 1 aliphatic rings. The molecule has 2 aromatic carbocycles. The second kappa shape index (κ2) is 10.1. The molecule has 0 aromatic heterocycles. The molecule has 1 saturated heterocycles. The second-order valence-corrected chi connectivity index (χ2v) is 9.54. The fourth-order valence-electron chi connectivity index (χ4n) is 3.44. The maximum atomic E-state index is 14.5. The number of nitrogens with zero attached hydrogens (tertiary/aromatic N) is 1. The number of hydrogen-bond donors (Lipinski definition) is 2. The van der Waals surface area contributed by atoms with Crippen molar-refractivity contribution in [3.63, 3.8) is 0 Å². The first-order valence-electron chi connectivity index (χ1n) is 9.99. The van der Waals surface area contributed by atoms with Gasteiger partial charge in [-0.05, 0) is 31.0 Å². The van der Waals surface area contributed by atoms with Crippen molar-refractivity contribution in [1.29, 1.82) is 0 Å². The number of anilines is 1. The lowest BCUT2D eigenvalue weighted by Gasteiger charge is -2.24. The molecule has 34 heavy (non-hydrogen) atoms. The molecule has 1 aliphatic heterocycles. The average Bonchev–Trinajstić information content (AvgIpc) is 2.93. The molecule has 13 heteroatoms. The molecular weight excluding hydrogens is 484 g/mol. The summed E-state index contributed by atoms with van der Waals surface area (Å²) in [5.74, 6) is -7.75. The van der Waals surface area contributed by atoms with Gasteiger partial charge in [0.2, 0.25) is 10.0 Å². The maximum absolute atomic E-state index is 14.5. The normalized spacial score (nSPS) is 19.4. The number of rotatable bonds is 5. The minimum Gasteiger partial charge on any atom is -0.461 e. The number of ether oxygens (including phenoxy) is 1. The van der Waals surface area contributed by atoms with E-state index >= 15 is 0 Å². The smallest absolute Gasteiger partial charge is 0.302 e. The molecule has 0 aliphatic carbocycles. The van der Waals surface area contributed by atoms with Gasteiger partial charge >= 0.3 is 5.97 Å². The molecular formula is C21H20F4N2O6S. The van der Waals surface area contributed by atoms with Crippen LogP contribution in [0.4, 0.5) is 23.2 Å². The number of amides is 1. The lowest BCUT2D eigenvalue weighted by atomic mass is 10.1. The highest BCUT2D eigenvalue weighted by Gasteiger charge is 2.35. The molecule has 0 saturated carbocycles. The van der Waals surface area contributed by atoms with E-state index in [1.165, 1.54) is 0 Å². The molecule has 8 nitrogen and oxygen atoms in total. The number of β-amino-alcohol motifs (C(OH)–C–C–N with tert-alkyl or cyclic N) is 1. The van der Waals surface area contributed by atoms with E-state index < -0.39 is 74.5 Å². The zero-order valence-electron chi connectivity index (χ0n) is 17.7. The predicted molar refractivity (Wildman–Crippen MR) is 110 cm³/mol. The summed E-state index contributed by atoms with van der Waals surface area (Å²) >= 11 is 0. The summed E-state index contributed by atoms with van der Waals surface area (Å²) in [6, 6.07) is 3.41. The quantitative estimate of drug-likeness (QED) is 0.368. The molecule has 3 rings (SSSR count). The molecule has 0 spiro atoms. The molecule has 0 radical (unpaired) electrons. The van der Waals surface area contributed by atoms with Gasteiger partial charge in [0.25, 0.3) is 5.91 Å². The van der Waals surface area contributed by atoms with Crippen molar-refractivity contribution in [3.05, 3.63) is 59.2 Å². The summed E-state index contributed by atoms with van der Waals surface area (Å²) in [4.78, 5) is 22.9. The molecule has 0 bridgehead atoms. The number of carbonyl (C=O) groups is 2. The number of nitrogens with one attached hydrogen (secondary N) is 1. The van der Waals surface area contributed by atoms with Crippen molar-refractivity contribution < 1.29 is 45.4 Å². The summed E-state index contributed by atoms with van der Waals surface area (Å²) < 4.78 is 86.6. The Hall–Kier alpha value is -3.03. The molecule has 1 amide bonds. The van der Waals surface area contributed by atoms with E-state index in [0.717, 1.165) is 17.3 Å². The van der Waals surface area contributed by atoms with Crippen molar-refractivity contribution >= 4 is 27.6 Å². The van der Waals surface area contributed by atoms with Gasteiger partial charge in [0.05, 0.1) is 12.6 Å². The molecule has 1 heterocycles. The molecule has 1 fully saturated rings. The zero-order chi connectivity index (χ0) is 25.2. The topological polar surface area (TPSA) is 113 Å². The van der Waals surface area contributed by atoms with Crippen molar-refractivity contribution in [2.24, 2.45) is 0 Å². The largest absolute Gasteiger partial charge is 0.461 e. The standard InChI is InChI=1S/C21H20F4N2O6S/c1-11(28)33-15-4-3-14(29)9-27(10-15)34(31,32)19-6-12(2-5-16(19)22)21(30)26-13-7-17(23)20(25)18(24)8-13/h2,5-8,14-15,29H,3-4,9-10H2,1H3,(H,26,30)/t14-,15-/m1/s1. The third-order valence-corrected chi connectivity index (χ3v) is 6.88. The van der Waals surface area contributed by atoms with Gasteiger partial charge in [-0.1, -0.05) is 0 Å². The average molecular weight is 504 g/mol. The summed E-state index contributed by atoms with van der Waals surface area (Å²) in [6.45, 7) is 0.397. The molecule has 2 atom stereocenters. The third-order valence-electron chi connectivity index (χ3n) is 5.03. The van der Waals surface area contributed by atoms with Gasteiger partial charge in [-0.25, -0.2) is 26.0 Å².